The Hall–Kier alpha value is -1.76. The third kappa shape index (κ3) is 5.12. The Morgan fingerprint density at radius 3 is 2.38 bits per heavy atom. The standard InChI is InChI=1S/C17H24F3NO3/c1-6-24-14-8-7-12(9-13(14)17(18,19)20)21-15(22)16(4,23-5)10-11(2)3/h7-9,11H,6,10H2,1-5H3,(H,21,22). The molecule has 1 aromatic rings. The van der Waals surface area contributed by atoms with Crippen LogP contribution in [0, 0.1) is 5.92 Å². The maximum Gasteiger partial charge on any atom is 0.420 e. The van der Waals surface area contributed by atoms with Crippen molar-refractivity contribution in [1.29, 1.82) is 0 Å². The minimum absolute atomic E-state index is 0.0443. The molecule has 1 N–H and O–H groups in total. The lowest BCUT2D eigenvalue weighted by molar-refractivity contribution is -0.139. The average molecular weight is 347 g/mol. The van der Waals surface area contributed by atoms with Gasteiger partial charge in [0.05, 0.1) is 12.2 Å². The fourth-order valence-electron chi connectivity index (χ4n) is 2.42. The Kier molecular flexibility index (Phi) is 6.66. The third-order valence-corrected chi connectivity index (χ3v) is 3.57. The van der Waals surface area contributed by atoms with Crippen LogP contribution >= 0.6 is 0 Å². The number of benzene rings is 1. The minimum atomic E-state index is -4.58. The number of hydrogen-bond donors (Lipinski definition) is 1. The number of amides is 1. The van der Waals surface area contributed by atoms with E-state index in [0.717, 1.165) is 6.07 Å². The number of rotatable bonds is 7. The van der Waals surface area contributed by atoms with Crippen molar-refractivity contribution >= 4 is 11.6 Å². The van der Waals surface area contributed by atoms with Crippen molar-refractivity contribution in [3.8, 4) is 5.75 Å². The van der Waals surface area contributed by atoms with Gasteiger partial charge in [-0.3, -0.25) is 4.79 Å². The van der Waals surface area contributed by atoms with E-state index >= 15 is 0 Å². The van der Waals surface area contributed by atoms with Gasteiger partial charge in [0, 0.05) is 12.8 Å². The molecule has 0 saturated heterocycles. The zero-order valence-electron chi connectivity index (χ0n) is 14.6. The summed E-state index contributed by atoms with van der Waals surface area (Å²) in [4.78, 5) is 12.4. The van der Waals surface area contributed by atoms with Crippen LogP contribution in [0.25, 0.3) is 0 Å². The predicted molar refractivity (Wildman–Crippen MR) is 86.1 cm³/mol. The Morgan fingerprint density at radius 2 is 1.92 bits per heavy atom. The highest BCUT2D eigenvalue weighted by atomic mass is 19.4. The molecule has 24 heavy (non-hydrogen) atoms. The van der Waals surface area contributed by atoms with E-state index in [9.17, 15) is 18.0 Å². The first-order valence-electron chi connectivity index (χ1n) is 7.74. The predicted octanol–water partition coefficient (Wildman–Crippen LogP) is 4.49. The fraction of sp³-hybridized carbons (Fsp3) is 0.588. The lowest BCUT2D eigenvalue weighted by atomic mass is 9.93. The summed E-state index contributed by atoms with van der Waals surface area (Å²) < 4.78 is 49.7. The molecule has 0 fully saturated rings. The Balaban J connectivity index is 3.09. The Bertz CT molecular complexity index is 573. The van der Waals surface area contributed by atoms with Gasteiger partial charge in [0.1, 0.15) is 11.4 Å². The Labute approximate surface area is 140 Å². The first-order chi connectivity index (χ1) is 11.0. The first kappa shape index (κ1) is 20.3. The summed E-state index contributed by atoms with van der Waals surface area (Å²) in [6.07, 6.45) is -4.13. The SMILES string of the molecule is CCOc1ccc(NC(=O)C(C)(CC(C)C)OC)cc1C(F)(F)F. The van der Waals surface area contributed by atoms with Crippen molar-refractivity contribution in [2.24, 2.45) is 5.92 Å². The van der Waals surface area contributed by atoms with Gasteiger partial charge in [-0.15, -0.1) is 0 Å². The van der Waals surface area contributed by atoms with E-state index in [1.807, 2.05) is 13.8 Å². The normalized spacial score (nSPS) is 14.4. The van der Waals surface area contributed by atoms with Gasteiger partial charge in [-0.2, -0.15) is 13.2 Å². The van der Waals surface area contributed by atoms with Gasteiger partial charge in [0.25, 0.3) is 5.91 Å². The topological polar surface area (TPSA) is 47.6 Å². The van der Waals surface area contributed by atoms with Crippen molar-refractivity contribution in [3.05, 3.63) is 23.8 Å². The molecule has 1 aromatic carbocycles. The summed E-state index contributed by atoms with van der Waals surface area (Å²) in [5.74, 6) is -0.567. The van der Waals surface area contributed by atoms with Gasteiger partial charge in [-0.1, -0.05) is 13.8 Å². The molecule has 1 amide bonds. The molecule has 0 aliphatic carbocycles. The van der Waals surface area contributed by atoms with Crippen LogP contribution in [0.15, 0.2) is 18.2 Å². The number of nitrogens with one attached hydrogen (secondary N) is 1. The molecule has 0 saturated carbocycles. The molecule has 1 atom stereocenters. The third-order valence-electron chi connectivity index (χ3n) is 3.57. The highest BCUT2D eigenvalue weighted by Gasteiger charge is 2.36. The molecular formula is C17H24F3NO3. The highest BCUT2D eigenvalue weighted by molar-refractivity contribution is 5.97. The van der Waals surface area contributed by atoms with Crippen molar-refractivity contribution in [2.75, 3.05) is 19.0 Å². The number of alkyl halides is 3. The molecule has 7 heteroatoms. The van der Waals surface area contributed by atoms with Crippen LogP contribution in [0.4, 0.5) is 18.9 Å². The molecule has 0 spiro atoms. The summed E-state index contributed by atoms with van der Waals surface area (Å²) in [5, 5.41) is 2.50. The number of methoxy groups -OCH3 is 1. The van der Waals surface area contributed by atoms with Crippen LogP contribution in [-0.2, 0) is 15.7 Å². The smallest absolute Gasteiger partial charge is 0.420 e. The quantitative estimate of drug-likeness (QED) is 0.790. The summed E-state index contributed by atoms with van der Waals surface area (Å²) in [7, 11) is 1.40. The van der Waals surface area contributed by atoms with Gasteiger partial charge in [-0.25, -0.2) is 0 Å². The molecule has 0 aliphatic heterocycles. The molecular weight excluding hydrogens is 323 g/mol. The molecule has 1 rings (SSSR count). The van der Waals surface area contributed by atoms with E-state index in [0.29, 0.717) is 6.42 Å². The lowest BCUT2D eigenvalue weighted by Gasteiger charge is -2.28. The van der Waals surface area contributed by atoms with Crippen LogP contribution in [0.1, 0.15) is 39.7 Å². The van der Waals surface area contributed by atoms with Crippen LogP contribution in [0.5, 0.6) is 5.75 Å². The van der Waals surface area contributed by atoms with Gasteiger partial charge < -0.3 is 14.8 Å². The van der Waals surface area contributed by atoms with E-state index in [1.54, 1.807) is 13.8 Å². The molecule has 1 unspecified atom stereocenters. The van der Waals surface area contributed by atoms with Crippen molar-refractivity contribution < 1.29 is 27.4 Å². The first-order valence-corrected chi connectivity index (χ1v) is 7.74. The molecule has 0 aromatic heterocycles. The molecule has 136 valence electrons. The summed E-state index contributed by atoms with van der Waals surface area (Å²) in [6, 6.07) is 3.45. The maximum absolute atomic E-state index is 13.1. The summed E-state index contributed by atoms with van der Waals surface area (Å²) >= 11 is 0. The number of anilines is 1. The second-order valence-corrected chi connectivity index (χ2v) is 6.13. The zero-order valence-corrected chi connectivity index (χ0v) is 14.6. The van der Waals surface area contributed by atoms with E-state index < -0.39 is 23.2 Å². The second kappa shape index (κ2) is 7.88. The molecule has 0 bridgehead atoms. The number of ether oxygens (including phenoxy) is 2. The molecule has 0 heterocycles. The van der Waals surface area contributed by atoms with E-state index in [4.69, 9.17) is 9.47 Å². The average Bonchev–Trinajstić information content (AvgIpc) is 2.47. The minimum Gasteiger partial charge on any atom is -0.493 e. The van der Waals surface area contributed by atoms with E-state index in [2.05, 4.69) is 5.32 Å². The van der Waals surface area contributed by atoms with Gasteiger partial charge >= 0.3 is 6.18 Å². The molecule has 4 nitrogen and oxygen atoms in total. The summed E-state index contributed by atoms with van der Waals surface area (Å²) in [5.41, 5.74) is -2.00. The Morgan fingerprint density at radius 1 is 1.29 bits per heavy atom. The number of carbonyl (C=O) groups excluding carboxylic acids is 1. The highest BCUT2D eigenvalue weighted by Crippen LogP contribution is 2.38. The number of halogens is 3. The van der Waals surface area contributed by atoms with E-state index in [1.165, 1.54) is 19.2 Å². The van der Waals surface area contributed by atoms with E-state index in [-0.39, 0.29) is 24.0 Å². The molecule has 0 radical (unpaired) electrons. The van der Waals surface area contributed by atoms with Crippen LogP contribution in [0.2, 0.25) is 0 Å². The largest absolute Gasteiger partial charge is 0.493 e. The monoisotopic (exact) mass is 347 g/mol. The van der Waals surface area contributed by atoms with Gasteiger partial charge in [0.15, 0.2) is 0 Å². The second-order valence-electron chi connectivity index (χ2n) is 6.13. The van der Waals surface area contributed by atoms with Crippen molar-refractivity contribution in [1.82, 2.24) is 0 Å². The molecule has 0 aliphatic rings. The van der Waals surface area contributed by atoms with Gasteiger partial charge in [-0.05, 0) is 44.4 Å². The number of hydrogen-bond acceptors (Lipinski definition) is 3. The number of carbonyl (C=O) groups is 1. The maximum atomic E-state index is 13.1. The lowest BCUT2D eigenvalue weighted by Crippen LogP contribution is -2.43. The van der Waals surface area contributed by atoms with Crippen LogP contribution < -0.4 is 10.1 Å². The summed E-state index contributed by atoms with van der Waals surface area (Å²) in [6.45, 7) is 7.20. The van der Waals surface area contributed by atoms with Crippen molar-refractivity contribution in [2.45, 2.75) is 45.9 Å². The fourth-order valence-corrected chi connectivity index (χ4v) is 2.42. The van der Waals surface area contributed by atoms with Crippen LogP contribution in [0.3, 0.4) is 0 Å². The van der Waals surface area contributed by atoms with Gasteiger partial charge in [0.2, 0.25) is 0 Å². The zero-order chi connectivity index (χ0) is 18.5. The van der Waals surface area contributed by atoms with Crippen LogP contribution in [-0.4, -0.2) is 25.2 Å². The van der Waals surface area contributed by atoms with Crippen molar-refractivity contribution in [3.63, 3.8) is 0 Å².